The highest BCUT2D eigenvalue weighted by molar-refractivity contribution is 7.18. The molecule has 0 saturated carbocycles. The van der Waals surface area contributed by atoms with E-state index in [9.17, 15) is 0 Å². The van der Waals surface area contributed by atoms with Crippen molar-refractivity contribution in [2.24, 2.45) is 0 Å². The Morgan fingerprint density at radius 2 is 2.00 bits per heavy atom. The highest BCUT2D eigenvalue weighted by Crippen LogP contribution is 2.33. The average molecular weight is 320 g/mol. The first-order chi connectivity index (χ1) is 10.7. The third-order valence-electron chi connectivity index (χ3n) is 4.22. The van der Waals surface area contributed by atoms with E-state index in [-0.39, 0.29) is 0 Å². The number of hydrogen-bond donors (Lipinski definition) is 1. The summed E-state index contributed by atoms with van der Waals surface area (Å²) in [6, 6.07) is 0. The molecule has 0 aromatic carbocycles. The van der Waals surface area contributed by atoms with Crippen molar-refractivity contribution in [2.75, 3.05) is 44.7 Å². The summed E-state index contributed by atoms with van der Waals surface area (Å²) in [4.78, 5) is 14.3. The predicted molar refractivity (Wildman–Crippen MR) is 92.0 cm³/mol. The van der Waals surface area contributed by atoms with Gasteiger partial charge in [0, 0.05) is 37.5 Å². The number of rotatable bonds is 5. The van der Waals surface area contributed by atoms with Crippen molar-refractivity contribution < 1.29 is 4.74 Å². The first-order valence-corrected chi connectivity index (χ1v) is 8.81. The van der Waals surface area contributed by atoms with Crippen molar-refractivity contribution in [3.63, 3.8) is 0 Å². The Morgan fingerprint density at radius 1 is 1.23 bits per heavy atom. The molecule has 3 rings (SSSR count). The second-order valence-corrected chi connectivity index (χ2v) is 6.89. The van der Waals surface area contributed by atoms with Gasteiger partial charge in [0.1, 0.15) is 16.5 Å². The van der Waals surface area contributed by atoms with E-state index in [1.165, 1.54) is 15.8 Å². The van der Waals surface area contributed by atoms with Crippen LogP contribution in [0, 0.1) is 13.8 Å². The van der Waals surface area contributed by atoms with Gasteiger partial charge in [0.25, 0.3) is 0 Å². The highest BCUT2D eigenvalue weighted by Gasteiger charge is 2.15. The molecule has 2 aromatic rings. The van der Waals surface area contributed by atoms with Crippen LogP contribution in [0.3, 0.4) is 0 Å². The lowest BCUT2D eigenvalue weighted by Crippen LogP contribution is -2.39. The van der Waals surface area contributed by atoms with Crippen LogP contribution in [0.2, 0.25) is 0 Å². The monoisotopic (exact) mass is 320 g/mol. The van der Waals surface area contributed by atoms with E-state index in [2.05, 4.69) is 36.0 Å². The van der Waals surface area contributed by atoms with E-state index < -0.39 is 0 Å². The summed E-state index contributed by atoms with van der Waals surface area (Å²) in [7, 11) is 0. The van der Waals surface area contributed by atoms with Crippen LogP contribution >= 0.6 is 11.3 Å². The molecule has 3 heterocycles. The lowest BCUT2D eigenvalue weighted by atomic mass is 10.2. The Balaban J connectivity index is 1.76. The number of nitrogens with one attached hydrogen (secondary N) is 1. The second kappa shape index (κ2) is 6.89. The molecule has 0 atom stereocenters. The summed E-state index contributed by atoms with van der Waals surface area (Å²) < 4.78 is 5.39. The maximum atomic E-state index is 5.39. The minimum atomic E-state index is 0.848. The topological polar surface area (TPSA) is 50.3 Å². The van der Waals surface area contributed by atoms with Crippen LogP contribution in [0.1, 0.15) is 23.2 Å². The Bertz CT molecular complexity index is 649. The van der Waals surface area contributed by atoms with Crippen LogP contribution in [0.5, 0.6) is 0 Å². The Kier molecular flexibility index (Phi) is 4.90. The van der Waals surface area contributed by atoms with Gasteiger partial charge >= 0.3 is 0 Å². The van der Waals surface area contributed by atoms with Gasteiger partial charge in [0.2, 0.25) is 0 Å². The van der Waals surface area contributed by atoms with Crippen molar-refractivity contribution in [1.29, 1.82) is 0 Å². The molecule has 22 heavy (non-hydrogen) atoms. The molecule has 1 fully saturated rings. The van der Waals surface area contributed by atoms with Crippen LogP contribution in [-0.2, 0) is 11.2 Å². The molecular formula is C16H24N4OS. The van der Waals surface area contributed by atoms with Crippen LogP contribution in [0.4, 0.5) is 5.82 Å². The van der Waals surface area contributed by atoms with Gasteiger partial charge in [-0.15, -0.1) is 11.3 Å². The Morgan fingerprint density at radius 3 is 2.73 bits per heavy atom. The zero-order valence-electron chi connectivity index (χ0n) is 13.6. The SMILES string of the molecule is CCc1nc(NCCN2CCOCC2)c2c(C)c(C)sc2n1. The lowest BCUT2D eigenvalue weighted by molar-refractivity contribution is 0.0398. The molecule has 0 amide bonds. The molecule has 0 aliphatic carbocycles. The number of aryl methyl sites for hydroxylation is 3. The third-order valence-corrected chi connectivity index (χ3v) is 5.32. The zero-order chi connectivity index (χ0) is 15.5. The minimum Gasteiger partial charge on any atom is -0.379 e. The highest BCUT2D eigenvalue weighted by atomic mass is 32.1. The van der Waals surface area contributed by atoms with Gasteiger partial charge in [-0.3, -0.25) is 4.90 Å². The molecule has 1 N–H and O–H groups in total. The zero-order valence-corrected chi connectivity index (χ0v) is 14.4. The molecule has 120 valence electrons. The second-order valence-electron chi connectivity index (χ2n) is 5.69. The first kappa shape index (κ1) is 15.6. The third kappa shape index (κ3) is 3.24. The largest absolute Gasteiger partial charge is 0.379 e. The lowest BCUT2D eigenvalue weighted by Gasteiger charge is -2.26. The summed E-state index contributed by atoms with van der Waals surface area (Å²) in [6.07, 6.45) is 0.865. The van der Waals surface area contributed by atoms with Gasteiger partial charge in [0.15, 0.2) is 0 Å². The predicted octanol–water partition coefficient (Wildman–Crippen LogP) is 2.61. The van der Waals surface area contributed by atoms with Gasteiger partial charge in [-0.1, -0.05) is 6.92 Å². The van der Waals surface area contributed by atoms with Crippen LogP contribution in [0.25, 0.3) is 10.2 Å². The number of aromatic nitrogens is 2. The summed E-state index contributed by atoms with van der Waals surface area (Å²) in [6.45, 7) is 12.1. The molecule has 2 aromatic heterocycles. The normalized spacial score (nSPS) is 16.3. The van der Waals surface area contributed by atoms with Crippen molar-refractivity contribution in [1.82, 2.24) is 14.9 Å². The van der Waals surface area contributed by atoms with E-state index in [0.29, 0.717) is 0 Å². The van der Waals surface area contributed by atoms with Gasteiger partial charge in [0.05, 0.1) is 18.6 Å². The molecule has 1 aliphatic heterocycles. The van der Waals surface area contributed by atoms with Gasteiger partial charge < -0.3 is 10.1 Å². The summed E-state index contributed by atoms with van der Waals surface area (Å²) in [5, 5.41) is 4.73. The number of nitrogens with zero attached hydrogens (tertiary/aromatic N) is 3. The molecule has 0 spiro atoms. The molecule has 0 unspecified atom stereocenters. The van der Waals surface area contributed by atoms with Crippen LogP contribution in [-0.4, -0.2) is 54.3 Å². The average Bonchev–Trinajstić information content (AvgIpc) is 2.83. The number of thiophene rings is 1. The number of anilines is 1. The van der Waals surface area contributed by atoms with Crippen LogP contribution < -0.4 is 5.32 Å². The standard InChI is InChI=1S/C16H24N4OS/c1-4-13-18-15(14-11(2)12(3)22-16(14)19-13)17-5-6-20-7-9-21-10-8-20/h4-10H2,1-3H3,(H,17,18,19). The first-order valence-electron chi connectivity index (χ1n) is 7.99. The molecule has 1 saturated heterocycles. The van der Waals surface area contributed by atoms with Crippen LogP contribution in [0.15, 0.2) is 0 Å². The van der Waals surface area contributed by atoms with Crippen molar-refractivity contribution in [3.05, 3.63) is 16.3 Å². The number of ether oxygens (including phenoxy) is 1. The molecule has 0 radical (unpaired) electrons. The van der Waals surface area contributed by atoms with Gasteiger partial charge in [-0.05, 0) is 19.4 Å². The van der Waals surface area contributed by atoms with E-state index in [0.717, 1.165) is 62.3 Å². The van der Waals surface area contributed by atoms with Crippen molar-refractivity contribution >= 4 is 27.4 Å². The molecule has 0 bridgehead atoms. The smallest absolute Gasteiger partial charge is 0.138 e. The Labute approximate surface area is 135 Å². The van der Waals surface area contributed by atoms with E-state index in [1.807, 2.05) is 0 Å². The Hall–Kier alpha value is -1.24. The number of fused-ring (bicyclic) bond motifs is 1. The quantitative estimate of drug-likeness (QED) is 0.918. The summed E-state index contributed by atoms with van der Waals surface area (Å²) in [5.74, 6) is 1.92. The summed E-state index contributed by atoms with van der Waals surface area (Å²) in [5.41, 5.74) is 1.30. The molecular weight excluding hydrogens is 296 g/mol. The van der Waals surface area contributed by atoms with Crippen molar-refractivity contribution in [3.8, 4) is 0 Å². The summed E-state index contributed by atoms with van der Waals surface area (Å²) >= 11 is 1.77. The fraction of sp³-hybridized carbons (Fsp3) is 0.625. The number of hydrogen-bond acceptors (Lipinski definition) is 6. The number of morpholine rings is 1. The molecule has 5 nitrogen and oxygen atoms in total. The van der Waals surface area contributed by atoms with E-state index in [4.69, 9.17) is 9.72 Å². The maximum Gasteiger partial charge on any atom is 0.138 e. The molecule has 6 heteroatoms. The van der Waals surface area contributed by atoms with Gasteiger partial charge in [-0.2, -0.15) is 0 Å². The maximum absolute atomic E-state index is 5.39. The van der Waals surface area contributed by atoms with E-state index >= 15 is 0 Å². The molecule has 1 aliphatic rings. The van der Waals surface area contributed by atoms with E-state index in [1.54, 1.807) is 11.3 Å². The van der Waals surface area contributed by atoms with Gasteiger partial charge in [-0.25, -0.2) is 9.97 Å². The fourth-order valence-corrected chi connectivity index (χ4v) is 3.79. The fourth-order valence-electron chi connectivity index (χ4n) is 2.74. The minimum absolute atomic E-state index is 0.848. The van der Waals surface area contributed by atoms with Crippen molar-refractivity contribution in [2.45, 2.75) is 27.2 Å².